The van der Waals surface area contributed by atoms with Gasteiger partial charge in [0.2, 0.25) is 21.8 Å². The summed E-state index contributed by atoms with van der Waals surface area (Å²) in [6.07, 6.45) is 1.20. The van der Waals surface area contributed by atoms with Crippen molar-refractivity contribution < 1.29 is 22.4 Å². The van der Waals surface area contributed by atoms with Gasteiger partial charge in [-0.3, -0.25) is 13.9 Å². The van der Waals surface area contributed by atoms with Gasteiger partial charge in [0.15, 0.2) is 0 Å². The van der Waals surface area contributed by atoms with Crippen LogP contribution in [0.2, 0.25) is 10.0 Å². The van der Waals surface area contributed by atoms with Crippen LogP contribution in [0.1, 0.15) is 18.9 Å². The van der Waals surface area contributed by atoms with E-state index in [1.807, 2.05) is 0 Å². The molecular weight excluding hydrogens is 480 g/mol. The van der Waals surface area contributed by atoms with Crippen molar-refractivity contribution in [2.24, 2.45) is 0 Å². The maximum absolute atomic E-state index is 13.7. The first kappa shape index (κ1) is 25.9. The highest BCUT2D eigenvalue weighted by Gasteiger charge is 2.31. The summed E-state index contributed by atoms with van der Waals surface area (Å²) in [5.41, 5.74) is 0.607. The molecule has 2 aromatic rings. The van der Waals surface area contributed by atoms with Crippen LogP contribution in [-0.4, -0.2) is 51.0 Å². The maximum Gasteiger partial charge on any atom is 0.244 e. The van der Waals surface area contributed by atoms with Crippen molar-refractivity contribution in [3.05, 3.63) is 63.9 Å². The summed E-state index contributed by atoms with van der Waals surface area (Å²) in [6.45, 7) is 1.11. The fourth-order valence-electron chi connectivity index (χ4n) is 3.17. The summed E-state index contributed by atoms with van der Waals surface area (Å²) in [6, 6.07) is 8.85. The summed E-state index contributed by atoms with van der Waals surface area (Å²) in [4.78, 5) is 27.1. The zero-order valence-electron chi connectivity index (χ0n) is 17.8. The molecule has 11 heteroatoms. The lowest BCUT2D eigenvalue weighted by Crippen LogP contribution is -2.51. The van der Waals surface area contributed by atoms with Gasteiger partial charge < -0.3 is 10.2 Å². The number of anilines is 1. The predicted octanol–water partition coefficient (Wildman–Crippen LogP) is 3.45. The standard InChI is InChI=1S/C21H24Cl2FN3O4S/c1-4-19(21(29)25-2)26(12-14-8-9-17(22)18(23)10-14)20(28)13-27(32(3,30)31)16-7-5-6-15(24)11-16/h5-11,19H,4,12-13H2,1-3H3,(H,25,29)/t19-/m0/s1. The van der Waals surface area contributed by atoms with Crippen LogP contribution in [-0.2, 0) is 26.2 Å². The Bertz CT molecular complexity index is 1100. The topological polar surface area (TPSA) is 86.8 Å². The lowest BCUT2D eigenvalue weighted by Gasteiger charge is -2.32. The molecule has 1 atom stereocenters. The Kier molecular flexibility index (Phi) is 8.89. The molecule has 0 aliphatic rings. The van der Waals surface area contributed by atoms with E-state index in [1.165, 1.54) is 30.1 Å². The minimum atomic E-state index is -3.93. The zero-order valence-corrected chi connectivity index (χ0v) is 20.1. The minimum absolute atomic E-state index is 0.00308. The van der Waals surface area contributed by atoms with Gasteiger partial charge in [0, 0.05) is 13.6 Å². The molecule has 0 saturated heterocycles. The number of halogens is 3. The van der Waals surface area contributed by atoms with Gasteiger partial charge in [0.05, 0.1) is 22.0 Å². The second-order valence-corrected chi connectivity index (χ2v) is 9.78. The van der Waals surface area contributed by atoms with Gasteiger partial charge in [-0.15, -0.1) is 0 Å². The molecule has 2 amide bonds. The van der Waals surface area contributed by atoms with Gasteiger partial charge in [-0.25, -0.2) is 12.8 Å². The molecular formula is C21H24Cl2FN3O4S. The molecule has 0 saturated carbocycles. The first-order valence-corrected chi connectivity index (χ1v) is 12.3. The van der Waals surface area contributed by atoms with E-state index in [9.17, 15) is 22.4 Å². The van der Waals surface area contributed by atoms with Crippen molar-refractivity contribution in [1.82, 2.24) is 10.2 Å². The number of sulfonamides is 1. The number of likely N-dealkylation sites (N-methyl/N-ethyl adjacent to an activating group) is 1. The Morgan fingerprint density at radius 1 is 1.12 bits per heavy atom. The van der Waals surface area contributed by atoms with E-state index < -0.39 is 40.2 Å². The average molecular weight is 504 g/mol. The minimum Gasteiger partial charge on any atom is -0.357 e. The molecule has 0 fully saturated rings. The Balaban J connectivity index is 2.44. The summed E-state index contributed by atoms with van der Waals surface area (Å²) in [5.74, 6) is -1.69. The van der Waals surface area contributed by atoms with Crippen molar-refractivity contribution >= 4 is 50.7 Å². The number of hydrogen-bond acceptors (Lipinski definition) is 4. The monoisotopic (exact) mass is 503 g/mol. The van der Waals surface area contributed by atoms with Gasteiger partial charge in [-0.1, -0.05) is 42.3 Å². The van der Waals surface area contributed by atoms with Crippen LogP contribution in [0, 0.1) is 5.82 Å². The Labute approximate surface area is 197 Å². The highest BCUT2D eigenvalue weighted by molar-refractivity contribution is 7.92. The molecule has 2 rings (SSSR count). The van der Waals surface area contributed by atoms with Gasteiger partial charge in [-0.05, 0) is 42.3 Å². The molecule has 0 bridgehead atoms. The summed E-state index contributed by atoms with van der Waals surface area (Å²) in [7, 11) is -2.48. The van der Waals surface area contributed by atoms with Crippen LogP contribution in [0.15, 0.2) is 42.5 Å². The third-order valence-corrected chi connectivity index (χ3v) is 6.62. The number of carbonyl (C=O) groups excluding carboxylic acids is 2. The molecule has 1 N–H and O–H groups in total. The Hall–Kier alpha value is -2.36. The molecule has 0 aliphatic heterocycles. The quantitative estimate of drug-likeness (QED) is 0.567. The van der Waals surface area contributed by atoms with Crippen molar-refractivity contribution in [1.29, 1.82) is 0 Å². The Morgan fingerprint density at radius 2 is 1.81 bits per heavy atom. The number of benzene rings is 2. The second-order valence-electron chi connectivity index (χ2n) is 7.06. The van der Waals surface area contributed by atoms with E-state index in [4.69, 9.17) is 23.2 Å². The van der Waals surface area contributed by atoms with Crippen molar-refractivity contribution in [2.45, 2.75) is 25.9 Å². The summed E-state index contributed by atoms with van der Waals surface area (Å²) in [5, 5.41) is 3.13. The molecule has 7 nitrogen and oxygen atoms in total. The summed E-state index contributed by atoms with van der Waals surface area (Å²) < 4.78 is 39.3. The van der Waals surface area contributed by atoms with Crippen LogP contribution >= 0.6 is 23.2 Å². The number of nitrogens with one attached hydrogen (secondary N) is 1. The van der Waals surface area contributed by atoms with E-state index >= 15 is 0 Å². The highest BCUT2D eigenvalue weighted by Crippen LogP contribution is 2.25. The van der Waals surface area contributed by atoms with Crippen LogP contribution in [0.4, 0.5) is 10.1 Å². The van der Waals surface area contributed by atoms with E-state index in [-0.39, 0.29) is 23.7 Å². The maximum atomic E-state index is 13.7. The molecule has 0 heterocycles. The molecule has 174 valence electrons. The van der Waals surface area contributed by atoms with Crippen molar-refractivity contribution in [2.75, 3.05) is 24.2 Å². The molecule has 32 heavy (non-hydrogen) atoms. The van der Waals surface area contributed by atoms with E-state index in [2.05, 4.69) is 5.32 Å². The van der Waals surface area contributed by atoms with Gasteiger partial charge in [0.25, 0.3) is 0 Å². The normalized spacial score (nSPS) is 12.2. The van der Waals surface area contributed by atoms with Crippen LogP contribution in [0.25, 0.3) is 0 Å². The summed E-state index contributed by atoms with van der Waals surface area (Å²) >= 11 is 12.0. The molecule has 0 aliphatic carbocycles. The van der Waals surface area contributed by atoms with Gasteiger partial charge >= 0.3 is 0 Å². The van der Waals surface area contributed by atoms with E-state index in [0.29, 0.717) is 10.6 Å². The molecule has 0 unspecified atom stereocenters. The number of amides is 2. The fraction of sp³-hybridized carbons (Fsp3) is 0.333. The second kappa shape index (κ2) is 11.0. The van der Waals surface area contributed by atoms with Gasteiger partial charge in [0.1, 0.15) is 18.4 Å². The largest absolute Gasteiger partial charge is 0.357 e. The smallest absolute Gasteiger partial charge is 0.244 e. The molecule has 0 radical (unpaired) electrons. The van der Waals surface area contributed by atoms with Crippen molar-refractivity contribution in [3.8, 4) is 0 Å². The van der Waals surface area contributed by atoms with E-state index in [1.54, 1.807) is 25.1 Å². The number of nitrogens with zero attached hydrogens (tertiary/aromatic N) is 2. The van der Waals surface area contributed by atoms with Gasteiger partial charge in [-0.2, -0.15) is 0 Å². The number of hydrogen-bond donors (Lipinski definition) is 1. The van der Waals surface area contributed by atoms with Crippen molar-refractivity contribution in [3.63, 3.8) is 0 Å². The van der Waals surface area contributed by atoms with Crippen LogP contribution in [0.5, 0.6) is 0 Å². The predicted molar refractivity (Wildman–Crippen MR) is 124 cm³/mol. The third-order valence-electron chi connectivity index (χ3n) is 4.74. The SMILES string of the molecule is CC[C@@H](C(=O)NC)N(Cc1ccc(Cl)c(Cl)c1)C(=O)CN(c1cccc(F)c1)S(C)(=O)=O. The lowest BCUT2D eigenvalue weighted by molar-refractivity contribution is -0.140. The number of rotatable bonds is 9. The third kappa shape index (κ3) is 6.57. The van der Waals surface area contributed by atoms with Crippen LogP contribution < -0.4 is 9.62 Å². The molecule has 0 aromatic heterocycles. The molecule has 2 aromatic carbocycles. The lowest BCUT2D eigenvalue weighted by atomic mass is 10.1. The molecule has 0 spiro atoms. The highest BCUT2D eigenvalue weighted by atomic mass is 35.5. The fourth-order valence-corrected chi connectivity index (χ4v) is 4.33. The zero-order chi connectivity index (χ0) is 24.1. The number of carbonyl (C=O) groups is 2. The first-order chi connectivity index (χ1) is 15.0. The first-order valence-electron chi connectivity index (χ1n) is 9.66. The Morgan fingerprint density at radius 3 is 2.34 bits per heavy atom. The van der Waals surface area contributed by atoms with Crippen LogP contribution in [0.3, 0.4) is 0 Å². The van der Waals surface area contributed by atoms with E-state index in [0.717, 1.165) is 16.6 Å². The average Bonchev–Trinajstić information content (AvgIpc) is 2.73.